The quantitative estimate of drug-likeness (QED) is 0.813. The summed E-state index contributed by atoms with van der Waals surface area (Å²) >= 11 is 1.14. The maximum atomic E-state index is 11.9. The lowest BCUT2D eigenvalue weighted by molar-refractivity contribution is -0.147. The molecular formula is C9H13N3O3S. The van der Waals surface area contributed by atoms with Crippen molar-refractivity contribution in [2.45, 2.75) is 19.4 Å². The molecule has 0 unspecified atom stereocenters. The van der Waals surface area contributed by atoms with Crippen LogP contribution in [0.15, 0.2) is 5.38 Å². The van der Waals surface area contributed by atoms with Crippen molar-refractivity contribution >= 4 is 28.3 Å². The number of nitrogens with two attached hydrogens (primary N) is 1. The van der Waals surface area contributed by atoms with E-state index in [0.717, 1.165) is 16.2 Å². The van der Waals surface area contributed by atoms with Gasteiger partial charge in [-0.15, -0.1) is 11.3 Å². The first kappa shape index (κ1) is 12.4. The van der Waals surface area contributed by atoms with Crippen LogP contribution in [0.3, 0.4) is 0 Å². The second-order valence-electron chi connectivity index (χ2n) is 3.80. The maximum absolute atomic E-state index is 11.9. The van der Waals surface area contributed by atoms with E-state index >= 15 is 0 Å². The number of rotatable bonds is 3. The normalized spacial score (nSPS) is 11.2. The Balaban J connectivity index is 2.95. The molecule has 0 aliphatic rings. The van der Waals surface area contributed by atoms with Crippen LogP contribution in [0.1, 0.15) is 24.3 Å². The second-order valence-corrected chi connectivity index (χ2v) is 4.69. The zero-order valence-corrected chi connectivity index (χ0v) is 10.0. The number of likely N-dealkylation sites (N-methyl/N-ethyl adjacent to an activating group) is 1. The van der Waals surface area contributed by atoms with Gasteiger partial charge in [0.2, 0.25) is 0 Å². The van der Waals surface area contributed by atoms with Gasteiger partial charge in [-0.05, 0) is 13.8 Å². The Morgan fingerprint density at radius 3 is 2.50 bits per heavy atom. The number of carboxylic acid groups (broad SMARTS) is 1. The van der Waals surface area contributed by atoms with Gasteiger partial charge >= 0.3 is 5.97 Å². The van der Waals surface area contributed by atoms with Crippen molar-refractivity contribution < 1.29 is 14.7 Å². The smallest absolute Gasteiger partial charge is 0.329 e. The minimum Gasteiger partial charge on any atom is -0.480 e. The van der Waals surface area contributed by atoms with E-state index in [1.807, 2.05) is 0 Å². The maximum Gasteiger partial charge on any atom is 0.329 e. The number of hydrogen-bond donors (Lipinski definition) is 2. The molecule has 0 atom stereocenters. The van der Waals surface area contributed by atoms with Crippen molar-refractivity contribution in [2.75, 3.05) is 12.8 Å². The van der Waals surface area contributed by atoms with Crippen LogP contribution in [0.5, 0.6) is 0 Å². The van der Waals surface area contributed by atoms with E-state index < -0.39 is 17.4 Å². The number of carbonyl (C=O) groups excluding carboxylic acids is 1. The highest BCUT2D eigenvalue weighted by Gasteiger charge is 2.36. The van der Waals surface area contributed by atoms with Gasteiger partial charge in [-0.2, -0.15) is 0 Å². The van der Waals surface area contributed by atoms with E-state index in [-0.39, 0.29) is 10.8 Å². The second kappa shape index (κ2) is 4.09. The Bertz CT molecular complexity index is 427. The highest BCUT2D eigenvalue weighted by molar-refractivity contribution is 7.13. The zero-order valence-electron chi connectivity index (χ0n) is 9.22. The number of hydrogen-bond acceptors (Lipinski definition) is 5. The van der Waals surface area contributed by atoms with Crippen molar-refractivity contribution in [1.29, 1.82) is 0 Å². The van der Waals surface area contributed by atoms with Gasteiger partial charge in [0.05, 0.1) is 0 Å². The molecule has 0 spiro atoms. The number of carbonyl (C=O) groups is 2. The van der Waals surface area contributed by atoms with Gasteiger partial charge in [0.25, 0.3) is 5.91 Å². The Kier molecular flexibility index (Phi) is 3.18. The highest BCUT2D eigenvalue weighted by atomic mass is 32.1. The summed E-state index contributed by atoms with van der Waals surface area (Å²) in [6, 6.07) is 0. The van der Waals surface area contributed by atoms with Gasteiger partial charge in [-0.3, -0.25) is 4.79 Å². The summed E-state index contributed by atoms with van der Waals surface area (Å²) in [7, 11) is 1.42. The van der Waals surface area contributed by atoms with Gasteiger partial charge in [0.15, 0.2) is 5.13 Å². The predicted octanol–water partition coefficient (Wildman–Crippen LogP) is 0.660. The average Bonchev–Trinajstić information content (AvgIpc) is 2.62. The monoisotopic (exact) mass is 243 g/mol. The van der Waals surface area contributed by atoms with E-state index in [4.69, 9.17) is 10.8 Å². The molecule has 1 aromatic rings. The fraction of sp³-hybridized carbons (Fsp3) is 0.444. The molecule has 1 amide bonds. The molecular weight excluding hydrogens is 230 g/mol. The summed E-state index contributed by atoms with van der Waals surface area (Å²) in [5, 5.41) is 10.8. The summed E-state index contributed by atoms with van der Waals surface area (Å²) in [6.07, 6.45) is 0. The van der Waals surface area contributed by atoms with E-state index in [1.165, 1.54) is 26.3 Å². The van der Waals surface area contributed by atoms with Crippen molar-refractivity contribution in [3.63, 3.8) is 0 Å². The Hall–Kier alpha value is -1.63. The number of anilines is 1. The molecule has 7 heteroatoms. The third-order valence-electron chi connectivity index (χ3n) is 2.41. The third kappa shape index (κ3) is 2.13. The molecule has 0 aromatic carbocycles. The SMILES string of the molecule is CN(C(=O)c1csc(N)n1)C(C)(C)C(=O)O. The summed E-state index contributed by atoms with van der Waals surface area (Å²) in [5.74, 6) is -1.54. The Morgan fingerprint density at radius 2 is 2.12 bits per heavy atom. The van der Waals surface area contributed by atoms with Crippen LogP contribution in [0.2, 0.25) is 0 Å². The van der Waals surface area contributed by atoms with Crippen molar-refractivity contribution in [1.82, 2.24) is 9.88 Å². The lowest BCUT2D eigenvalue weighted by Crippen LogP contribution is -2.50. The molecule has 0 bridgehead atoms. The highest BCUT2D eigenvalue weighted by Crippen LogP contribution is 2.18. The number of aromatic nitrogens is 1. The molecule has 0 saturated heterocycles. The number of aliphatic carboxylic acids is 1. The standard InChI is InChI=1S/C9H13N3O3S/c1-9(2,7(14)15)12(3)6(13)5-4-16-8(10)11-5/h4H,1-3H3,(H2,10,11)(H,14,15). The van der Waals surface area contributed by atoms with E-state index in [0.29, 0.717) is 0 Å². The predicted molar refractivity (Wildman–Crippen MR) is 60.3 cm³/mol. The zero-order chi connectivity index (χ0) is 12.5. The van der Waals surface area contributed by atoms with E-state index in [2.05, 4.69) is 4.98 Å². The van der Waals surface area contributed by atoms with Crippen LogP contribution in [0.4, 0.5) is 5.13 Å². The summed E-state index contributed by atoms with van der Waals surface area (Å²) in [6.45, 7) is 2.89. The molecule has 0 aliphatic carbocycles. The third-order valence-corrected chi connectivity index (χ3v) is 3.08. The van der Waals surface area contributed by atoms with Gasteiger partial charge in [-0.1, -0.05) is 0 Å². The van der Waals surface area contributed by atoms with E-state index in [1.54, 1.807) is 0 Å². The largest absolute Gasteiger partial charge is 0.480 e. The average molecular weight is 243 g/mol. The number of amides is 1. The molecule has 3 N–H and O–H groups in total. The van der Waals surface area contributed by atoms with Crippen molar-refractivity contribution in [3.05, 3.63) is 11.1 Å². The molecule has 1 heterocycles. The van der Waals surface area contributed by atoms with Gasteiger partial charge in [0, 0.05) is 12.4 Å². The molecule has 88 valence electrons. The molecule has 1 aromatic heterocycles. The first-order valence-corrected chi connectivity index (χ1v) is 5.37. The molecule has 0 fully saturated rings. The molecule has 0 aliphatic heterocycles. The fourth-order valence-corrected chi connectivity index (χ4v) is 1.49. The van der Waals surface area contributed by atoms with Crippen molar-refractivity contribution in [3.8, 4) is 0 Å². The Labute approximate surface area is 96.7 Å². The molecule has 0 saturated carbocycles. The first-order chi connectivity index (χ1) is 7.26. The number of thiazole rings is 1. The topological polar surface area (TPSA) is 96.5 Å². The van der Waals surface area contributed by atoms with Gasteiger partial charge < -0.3 is 15.7 Å². The van der Waals surface area contributed by atoms with Crippen LogP contribution in [-0.4, -0.2) is 39.5 Å². The summed E-state index contributed by atoms with van der Waals surface area (Å²) < 4.78 is 0. The molecule has 16 heavy (non-hydrogen) atoms. The molecule has 6 nitrogen and oxygen atoms in total. The first-order valence-electron chi connectivity index (χ1n) is 4.49. The van der Waals surface area contributed by atoms with Crippen LogP contribution in [0, 0.1) is 0 Å². The lowest BCUT2D eigenvalue weighted by Gasteiger charge is -2.30. The van der Waals surface area contributed by atoms with Gasteiger partial charge in [0.1, 0.15) is 11.2 Å². The van der Waals surface area contributed by atoms with E-state index in [9.17, 15) is 9.59 Å². The van der Waals surface area contributed by atoms with Crippen LogP contribution >= 0.6 is 11.3 Å². The van der Waals surface area contributed by atoms with Crippen LogP contribution in [0.25, 0.3) is 0 Å². The summed E-state index contributed by atoms with van der Waals surface area (Å²) in [4.78, 5) is 27.8. The van der Waals surface area contributed by atoms with Crippen molar-refractivity contribution in [2.24, 2.45) is 0 Å². The van der Waals surface area contributed by atoms with Crippen LogP contribution in [-0.2, 0) is 4.79 Å². The molecule has 1 rings (SSSR count). The van der Waals surface area contributed by atoms with Crippen LogP contribution < -0.4 is 5.73 Å². The minimum absolute atomic E-state index is 0.166. The minimum atomic E-state index is -1.28. The number of carboxylic acids is 1. The lowest BCUT2D eigenvalue weighted by atomic mass is 10.0. The number of nitrogen functional groups attached to an aromatic ring is 1. The Morgan fingerprint density at radius 1 is 1.56 bits per heavy atom. The summed E-state index contributed by atoms with van der Waals surface area (Å²) in [5.41, 5.74) is 4.29. The fourth-order valence-electron chi connectivity index (χ4n) is 0.955. The number of nitrogens with zero attached hydrogens (tertiary/aromatic N) is 2. The van der Waals surface area contributed by atoms with Gasteiger partial charge in [-0.25, -0.2) is 9.78 Å². The molecule has 0 radical (unpaired) electrons.